The Morgan fingerprint density at radius 3 is 2.18 bits per heavy atom. The van der Waals surface area contributed by atoms with Gasteiger partial charge in [-0.15, -0.1) is 11.3 Å². The number of anilines is 1. The van der Waals surface area contributed by atoms with Crippen molar-refractivity contribution in [3.8, 4) is 0 Å². The number of nitrogens with one attached hydrogen (secondary N) is 1. The first-order chi connectivity index (χ1) is 13.2. The van der Waals surface area contributed by atoms with Gasteiger partial charge in [-0.2, -0.15) is 0 Å². The van der Waals surface area contributed by atoms with Gasteiger partial charge in [0.15, 0.2) is 15.3 Å². The number of urea groups is 1. The van der Waals surface area contributed by atoms with Crippen molar-refractivity contribution in [3.63, 3.8) is 0 Å². The number of hydrogen-bond acceptors (Lipinski definition) is 5. The van der Waals surface area contributed by atoms with Gasteiger partial charge < -0.3 is 16.2 Å². The molecule has 2 aromatic rings. The smallest absolute Gasteiger partial charge is 0.316 e. The summed E-state index contributed by atoms with van der Waals surface area (Å²) >= 11 is 1.16. The lowest BCUT2D eigenvalue weighted by molar-refractivity contribution is 0.0823. The number of nitrogens with two attached hydrogens (primary N) is 2. The van der Waals surface area contributed by atoms with Gasteiger partial charge in [-0.05, 0) is 74.6 Å². The molecule has 4 rings (SSSR count). The minimum absolute atomic E-state index is 0.340. The predicted molar refractivity (Wildman–Crippen MR) is 112 cm³/mol. The predicted octanol–water partition coefficient (Wildman–Crippen LogP) is 2.51. The average molecular weight is 423 g/mol. The molecule has 1 heterocycles. The van der Waals surface area contributed by atoms with E-state index in [-0.39, 0.29) is 0 Å². The Bertz CT molecular complexity index is 886. The van der Waals surface area contributed by atoms with Gasteiger partial charge in [0, 0.05) is 11.9 Å². The molecule has 0 saturated heterocycles. The van der Waals surface area contributed by atoms with E-state index in [9.17, 15) is 14.1 Å². The van der Waals surface area contributed by atoms with E-state index in [0.717, 1.165) is 42.7 Å². The summed E-state index contributed by atoms with van der Waals surface area (Å²) in [5, 5.41) is 17.5. The number of hydrogen-bond donors (Lipinski definition) is 4. The van der Waals surface area contributed by atoms with Gasteiger partial charge in [0.05, 0.1) is 10.5 Å². The molecule has 0 radical (unpaired) electrons. The molecule has 2 amide bonds. The summed E-state index contributed by atoms with van der Waals surface area (Å²) in [4.78, 5) is 15.6. The fourth-order valence-corrected chi connectivity index (χ4v) is 5.13. The minimum Gasteiger partial charge on any atom is -0.385 e. The molecule has 1 atom stereocenters. The fourth-order valence-electron chi connectivity index (χ4n) is 3.72. The fraction of sp³-hybridized carbons (Fsp3) is 0.474. The first-order valence-electron chi connectivity index (χ1n) is 9.24. The third-order valence-corrected chi connectivity index (χ3v) is 7.28. The molecule has 9 heteroatoms. The van der Waals surface area contributed by atoms with E-state index >= 15 is 0 Å². The van der Waals surface area contributed by atoms with Crippen molar-refractivity contribution in [2.24, 2.45) is 10.9 Å². The zero-order valence-electron chi connectivity index (χ0n) is 16.1. The second-order valence-electron chi connectivity index (χ2n) is 7.57. The number of primary amides is 1. The van der Waals surface area contributed by atoms with Crippen LogP contribution < -0.4 is 16.2 Å². The SMILES string of the molecule is CC(C)(O)c1cnc(S(N)=O)s1.NC(=O)Nc1c2c(cc3c1CCC3)CCC2. The van der Waals surface area contributed by atoms with Crippen molar-refractivity contribution in [2.75, 3.05) is 5.32 Å². The first-order valence-corrected chi connectivity index (χ1v) is 11.3. The van der Waals surface area contributed by atoms with Crippen LogP contribution in [0, 0.1) is 0 Å². The van der Waals surface area contributed by atoms with Crippen LogP contribution in [0.25, 0.3) is 0 Å². The standard InChI is InChI=1S/C13H16N2O.C6H10N2O2S2/c14-13(16)15-12-10-5-1-3-8(10)7-9-4-2-6-11(9)12;1-6(2,9)4-3-8-5(11-4)12(7)10/h7H,1-6H2,(H3,14,15,16);3,9H,7H2,1-2H3. The van der Waals surface area contributed by atoms with Crippen LogP contribution in [0.1, 0.15) is 53.8 Å². The number of amides is 2. The number of thiazole rings is 1. The van der Waals surface area contributed by atoms with Crippen LogP contribution in [0.5, 0.6) is 0 Å². The number of aryl methyl sites for hydroxylation is 2. The van der Waals surface area contributed by atoms with Gasteiger partial charge in [0.25, 0.3) is 0 Å². The maximum Gasteiger partial charge on any atom is 0.316 e. The maximum absolute atomic E-state index is 11.1. The highest BCUT2D eigenvalue weighted by Gasteiger charge is 2.24. The molecule has 0 saturated carbocycles. The molecular weight excluding hydrogens is 396 g/mol. The van der Waals surface area contributed by atoms with Crippen LogP contribution in [0.4, 0.5) is 10.5 Å². The Morgan fingerprint density at radius 1 is 1.21 bits per heavy atom. The molecular formula is C19H26N4O3S2. The highest BCUT2D eigenvalue weighted by Crippen LogP contribution is 2.38. The third-order valence-electron chi connectivity index (χ3n) is 4.98. The molecule has 1 aromatic carbocycles. The Hall–Kier alpha value is -1.81. The average Bonchev–Trinajstić information content (AvgIpc) is 3.34. The lowest BCUT2D eigenvalue weighted by atomic mass is 9.99. The molecule has 152 valence electrons. The zero-order chi connectivity index (χ0) is 20.5. The second kappa shape index (κ2) is 8.28. The van der Waals surface area contributed by atoms with Crippen LogP contribution in [0.3, 0.4) is 0 Å². The summed E-state index contributed by atoms with van der Waals surface area (Å²) in [7, 11) is -1.55. The lowest BCUT2D eigenvalue weighted by Crippen LogP contribution is -2.21. The molecule has 2 aliphatic rings. The molecule has 6 N–H and O–H groups in total. The Kier molecular flexibility index (Phi) is 6.18. The van der Waals surface area contributed by atoms with E-state index in [1.165, 1.54) is 41.3 Å². The summed E-state index contributed by atoms with van der Waals surface area (Å²) in [5.74, 6) is 0. The van der Waals surface area contributed by atoms with Gasteiger partial charge in [-0.25, -0.2) is 19.1 Å². The van der Waals surface area contributed by atoms with Gasteiger partial charge in [-0.3, -0.25) is 0 Å². The van der Waals surface area contributed by atoms with Crippen LogP contribution in [-0.4, -0.2) is 20.3 Å². The van der Waals surface area contributed by atoms with Gasteiger partial charge in [0.1, 0.15) is 0 Å². The first kappa shape index (κ1) is 20.9. The van der Waals surface area contributed by atoms with E-state index < -0.39 is 22.6 Å². The molecule has 2 aliphatic carbocycles. The highest BCUT2D eigenvalue weighted by molar-refractivity contribution is 7.84. The largest absolute Gasteiger partial charge is 0.385 e. The van der Waals surface area contributed by atoms with Gasteiger partial charge in [-0.1, -0.05) is 6.07 Å². The van der Waals surface area contributed by atoms with Crippen molar-refractivity contribution in [1.29, 1.82) is 0 Å². The topological polar surface area (TPSA) is 131 Å². The number of rotatable bonds is 3. The van der Waals surface area contributed by atoms with E-state index in [1.54, 1.807) is 13.8 Å². The zero-order valence-corrected chi connectivity index (χ0v) is 17.7. The monoisotopic (exact) mass is 422 g/mol. The third kappa shape index (κ3) is 4.60. The number of nitrogens with zero attached hydrogens (tertiary/aromatic N) is 1. The molecule has 7 nitrogen and oxygen atoms in total. The van der Waals surface area contributed by atoms with Crippen LogP contribution in [0.15, 0.2) is 16.6 Å². The Balaban J connectivity index is 0.000000169. The van der Waals surface area contributed by atoms with E-state index in [0.29, 0.717) is 9.22 Å². The lowest BCUT2D eigenvalue weighted by Gasteiger charge is -2.14. The number of aromatic nitrogens is 1. The number of carbonyl (C=O) groups is 1. The van der Waals surface area contributed by atoms with Crippen LogP contribution >= 0.6 is 11.3 Å². The molecule has 0 aliphatic heterocycles. The normalized spacial score (nSPS) is 16.0. The molecule has 1 aromatic heterocycles. The van der Waals surface area contributed by atoms with Crippen molar-refractivity contribution >= 4 is 34.0 Å². The summed E-state index contributed by atoms with van der Waals surface area (Å²) in [6.07, 6.45) is 8.35. The Labute approximate surface area is 171 Å². The van der Waals surface area contributed by atoms with Crippen LogP contribution in [-0.2, 0) is 42.3 Å². The van der Waals surface area contributed by atoms with E-state index in [4.69, 9.17) is 10.9 Å². The summed E-state index contributed by atoms with van der Waals surface area (Å²) in [5.41, 5.74) is 10.9. The molecule has 0 fully saturated rings. The molecule has 1 unspecified atom stereocenters. The van der Waals surface area contributed by atoms with E-state index in [2.05, 4.69) is 16.4 Å². The maximum atomic E-state index is 11.1. The van der Waals surface area contributed by atoms with Crippen LogP contribution in [0.2, 0.25) is 0 Å². The van der Waals surface area contributed by atoms with Gasteiger partial charge >= 0.3 is 6.03 Å². The number of benzene rings is 1. The summed E-state index contributed by atoms with van der Waals surface area (Å²) < 4.78 is 11.1. The van der Waals surface area contributed by atoms with Crippen molar-refractivity contribution in [2.45, 2.75) is 62.3 Å². The second-order valence-corrected chi connectivity index (χ2v) is 9.84. The van der Waals surface area contributed by atoms with Crippen molar-refractivity contribution < 1.29 is 14.1 Å². The van der Waals surface area contributed by atoms with Crippen molar-refractivity contribution in [1.82, 2.24) is 4.98 Å². The Morgan fingerprint density at radius 2 is 1.79 bits per heavy atom. The molecule has 0 spiro atoms. The molecule has 0 bridgehead atoms. The quantitative estimate of drug-likeness (QED) is 0.605. The van der Waals surface area contributed by atoms with Crippen molar-refractivity contribution in [3.05, 3.63) is 39.4 Å². The number of carbonyl (C=O) groups excluding carboxylic acids is 1. The molecule has 28 heavy (non-hydrogen) atoms. The number of aliphatic hydroxyl groups is 1. The van der Waals surface area contributed by atoms with E-state index in [1.807, 2.05) is 0 Å². The summed E-state index contributed by atoms with van der Waals surface area (Å²) in [6.45, 7) is 3.29. The minimum atomic E-state index is -1.55. The number of fused-ring (bicyclic) bond motifs is 2. The van der Waals surface area contributed by atoms with Gasteiger partial charge in [0.2, 0.25) is 0 Å². The highest BCUT2D eigenvalue weighted by atomic mass is 32.2. The summed E-state index contributed by atoms with van der Waals surface area (Å²) in [6, 6.07) is 1.91.